The van der Waals surface area contributed by atoms with E-state index in [0.717, 1.165) is 34.8 Å². The van der Waals surface area contributed by atoms with Crippen LogP contribution in [-0.2, 0) is 11.8 Å². The lowest BCUT2D eigenvalue weighted by molar-refractivity contribution is -0.119. The molecule has 1 aliphatic heterocycles. The summed E-state index contributed by atoms with van der Waals surface area (Å²) in [5.41, 5.74) is 1.85. The number of nitrogens with one attached hydrogen (secondary N) is 1. The molecule has 0 fully saturated rings. The van der Waals surface area contributed by atoms with Gasteiger partial charge in [-0.2, -0.15) is 0 Å². The average Bonchev–Trinajstić information content (AvgIpc) is 3.04. The van der Waals surface area contributed by atoms with Crippen molar-refractivity contribution in [3.8, 4) is 28.6 Å². The summed E-state index contributed by atoms with van der Waals surface area (Å²) in [6, 6.07) is 13.4. The number of amides is 1. The van der Waals surface area contributed by atoms with Crippen molar-refractivity contribution in [2.75, 3.05) is 26.1 Å². The third-order valence-electron chi connectivity index (χ3n) is 5.63. The fourth-order valence-electron chi connectivity index (χ4n) is 3.86. The van der Waals surface area contributed by atoms with Gasteiger partial charge in [0.05, 0.1) is 37.7 Å². The molecule has 0 bridgehead atoms. The predicted molar refractivity (Wildman–Crippen MR) is 131 cm³/mol. The number of carbonyl (C=O) groups excluding carboxylic acids is 1. The van der Waals surface area contributed by atoms with Gasteiger partial charge in [-0.05, 0) is 35.7 Å². The average molecular weight is 483 g/mol. The minimum Gasteiger partial charge on any atom is -0.496 e. The number of rotatable bonds is 8. The Balaban J connectivity index is 1.43. The molecule has 3 aromatic rings. The molecule has 34 heavy (non-hydrogen) atoms. The highest BCUT2D eigenvalue weighted by molar-refractivity contribution is 7.99. The van der Waals surface area contributed by atoms with Gasteiger partial charge in [0.25, 0.3) is 0 Å². The molecular weight excluding hydrogens is 452 g/mol. The largest absolute Gasteiger partial charge is 0.496 e. The third kappa shape index (κ3) is 5.30. The highest BCUT2D eigenvalue weighted by atomic mass is 32.2. The highest BCUT2D eigenvalue weighted by Gasteiger charge is 2.22. The van der Waals surface area contributed by atoms with Crippen LogP contribution in [0.4, 0.5) is 0 Å². The summed E-state index contributed by atoms with van der Waals surface area (Å²) in [5.74, 6) is 3.25. The van der Waals surface area contributed by atoms with E-state index in [-0.39, 0.29) is 23.6 Å². The molecule has 1 atom stereocenters. The van der Waals surface area contributed by atoms with Crippen molar-refractivity contribution < 1.29 is 19.0 Å². The van der Waals surface area contributed by atoms with Crippen LogP contribution in [0.2, 0.25) is 0 Å². The monoisotopic (exact) mass is 482 g/mol. The van der Waals surface area contributed by atoms with Crippen molar-refractivity contribution in [1.82, 2.24) is 20.1 Å². The molecule has 0 aliphatic carbocycles. The molecule has 0 saturated carbocycles. The Kier molecular flexibility index (Phi) is 7.62. The van der Waals surface area contributed by atoms with E-state index >= 15 is 0 Å². The number of benzene rings is 2. The SMILES string of the molecule is COc1ccccc1-c1nnc(SCC(=O)N[C@@H](c2ccc3c(c2)OCCCO3)C(C)C)n1C. The van der Waals surface area contributed by atoms with Gasteiger partial charge in [-0.15, -0.1) is 10.2 Å². The normalized spacial score (nSPS) is 13.9. The van der Waals surface area contributed by atoms with Crippen LogP contribution in [0, 0.1) is 5.92 Å². The number of nitrogens with zero attached hydrogens (tertiary/aromatic N) is 3. The summed E-state index contributed by atoms with van der Waals surface area (Å²) < 4.78 is 18.9. The maximum atomic E-state index is 12.9. The van der Waals surface area contributed by atoms with E-state index in [9.17, 15) is 4.79 Å². The van der Waals surface area contributed by atoms with Crippen molar-refractivity contribution in [3.05, 3.63) is 48.0 Å². The zero-order valence-corrected chi connectivity index (χ0v) is 20.7. The Labute approximate surface area is 204 Å². The lowest BCUT2D eigenvalue weighted by atomic mass is 9.95. The maximum absolute atomic E-state index is 12.9. The molecule has 1 aliphatic rings. The third-order valence-corrected chi connectivity index (χ3v) is 6.65. The Morgan fingerprint density at radius 2 is 1.91 bits per heavy atom. The van der Waals surface area contributed by atoms with Gasteiger partial charge in [0.15, 0.2) is 22.5 Å². The van der Waals surface area contributed by atoms with Gasteiger partial charge < -0.3 is 24.1 Å². The first-order valence-corrected chi connectivity index (χ1v) is 12.3. The summed E-state index contributed by atoms with van der Waals surface area (Å²) in [7, 11) is 3.51. The van der Waals surface area contributed by atoms with Gasteiger partial charge in [0, 0.05) is 13.5 Å². The first-order chi connectivity index (χ1) is 16.5. The topological polar surface area (TPSA) is 87.5 Å². The van der Waals surface area contributed by atoms with Crippen molar-refractivity contribution in [2.45, 2.75) is 31.5 Å². The van der Waals surface area contributed by atoms with Crippen LogP contribution in [0.15, 0.2) is 47.6 Å². The first-order valence-electron chi connectivity index (χ1n) is 11.3. The van der Waals surface area contributed by atoms with Crippen LogP contribution < -0.4 is 19.5 Å². The second-order valence-electron chi connectivity index (χ2n) is 8.40. The van der Waals surface area contributed by atoms with Crippen LogP contribution in [0.1, 0.15) is 31.9 Å². The van der Waals surface area contributed by atoms with Gasteiger partial charge >= 0.3 is 0 Å². The number of thioether (sulfide) groups is 1. The van der Waals surface area contributed by atoms with E-state index < -0.39 is 0 Å². The van der Waals surface area contributed by atoms with E-state index in [2.05, 4.69) is 29.4 Å². The molecule has 180 valence electrons. The summed E-state index contributed by atoms with van der Waals surface area (Å²) in [6.45, 7) is 5.45. The van der Waals surface area contributed by atoms with Crippen LogP contribution >= 0.6 is 11.8 Å². The number of carbonyl (C=O) groups is 1. The molecular formula is C25H30N4O4S. The molecule has 2 aromatic carbocycles. The van der Waals surface area contributed by atoms with Crippen molar-refractivity contribution in [2.24, 2.45) is 13.0 Å². The fourth-order valence-corrected chi connectivity index (χ4v) is 4.58. The second-order valence-corrected chi connectivity index (χ2v) is 9.34. The van der Waals surface area contributed by atoms with Crippen molar-refractivity contribution in [1.29, 1.82) is 0 Å². The minimum atomic E-state index is -0.145. The van der Waals surface area contributed by atoms with E-state index in [1.54, 1.807) is 7.11 Å². The van der Waals surface area contributed by atoms with Gasteiger partial charge in [-0.25, -0.2) is 0 Å². The van der Waals surface area contributed by atoms with Gasteiger partial charge in [-0.1, -0.05) is 43.8 Å². The Hall–Kier alpha value is -3.20. The van der Waals surface area contributed by atoms with Gasteiger partial charge in [0.1, 0.15) is 5.75 Å². The quantitative estimate of drug-likeness (QED) is 0.480. The van der Waals surface area contributed by atoms with Crippen LogP contribution in [0.25, 0.3) is 11.4 Å². The number of para-hydroxylation sites is 1. The molecule has 1 N–H and O–H groups in total. The molecule has 0 unspecified atom stereocenters. The minimum absolute atomic E-state index is 0.0716. The fraction of sp³-hybridized carbons (Fsp3) is 0.400. The van der Waals surface area contributed by atoms with Crippen LogP contribution in [0.5, 0.6) is 17.2 Å². The van der Waals surface area contributed by atoms with E-state index in [1.807, 2.05) is 54.1 Å². The van der Waals surface area contributed by atoms with Crippen LogP contribution in [0.3, 0.4) is 0 Å². The Bertz CT molecular complexity index is 1150. The molecule has 4 rings (SSSR count). The number of aromatic nitrogens is 3. The molecule has 2 heterocycles. The molecule has 0 spiro atoms. The smallest absolute Gasteiger partial charge is 0.230 e. The zero-order valence-electron chi connectivity index (χ0n) is 19.9. The molecule has 8 nitrogen and oxygen atoms in total. The van der Waals surface area contributed by atoms with Crippen molar-refractivity contribution >= 4 is 17.7 Å². The maximum Gasteiger partial charge on any atom is 0.230 e. The number of fused-ring (bicyclic) bond motifs is 1. The zero-order chi connectivity index (χ0) is 24.1. The summed E-state index contributed by atoms with van der Waals surface area (Å²) in [6.07, 6.45) is 0.854. The molecule has 0 saturated heterocycles. The lowest BCUT2D eigenvalue weighted by Crippen LogP contribution is -2.33. The second kappa shape index (κ2) is 10.8. The molecule has 9 heteroatoms. The summed E-state index contributed by atoms with van der Waals surface area (Å²) >= 11 is 1.35. The first kappa shape index (κ1) is 23.9. The van der Waals surface area contributed by atoms with Crippen molar-refractivity contribution in [3.63, 3.8) is 0 Å². The number of ether oxygens (including phenoxy) is 3. The molecule has 1 amide bonds. The highest BCUT2D eigenvalue weighted by Crippen LogP contribution is 2.34. The number of hydrogen-bond acceptors (Lipinski definition) is 7. The molecule has 0 radical (unpaired) electrons. The van der Waals surface area contributed by atoms with Gasteiger partial charge in [0.2, 0.25) is 5.91 Å². The van der Waals surface area contributed by atoms with E-state index in [1.165, 1.54) is 11.8 Å². The Morgan fingerprint density at radius 1 is 1.15 bits per heavy atom. The van der Waals surface area contributed by atoms with Gasteiger partial charge in [-0.3, -0.25) is 4.79 Å². The van der Waals surface area contributed by atoms with E-state index in [0.29, 0.717) is 24.2 Å². The van der Waals surface area contributed by atoms with E-state index in [4.69, 9.17) is 14.2 Å². The standard InChI is InChI=1S/C25H30N4O4S/c1-16(2)23(17-10-11-20-21(14-17)33-13-7-12-32-20)26-22(30)15-34-25-28-27-24(29(25)3)18-8-5-6-9-19(18)31-4/h5-6,8-11,14,16,23H,7,12-13,15H2,1-4H3,(H,26,30)/t23-/m1/s1. The summed E-state index contributed by atoms with van der Waals surface area (Å²) in [4.78, 5) is 12.9. The molecule has 1 aromatic heterocycles. The number of hydrogen-bond donors (Lipinski definition) is 1. The van der Waals surface area contributed by atoms with Crippen LogP contribution in [-0.4, -0.2) is 46.7 Å². The Morgan fingerprint density at radius 3 is 2.68 bits per heavy atom. The number of methoxy groups -OCH3 is 1. The lowest BCUT2D eigenvalue weighted by Gasteiger charge is -2.24. The predicted octanol–water partition coefficient (Wildman–Crippen LogP) is 4.26. The summed E-state index contributed by atoms with van der Waals surface area (Å²) in [5, 5.41) is 12.4.